The third kappa shape index (κ3) is 1.72. The highest BCUT2D eigenvalue weighted by molar-refractivity contribution is 7.20. The lowest BCUT2D eigenvalue weighted by Gasteiger charge is -1.97. The Kier molecular flexibility index (Phi) is 1.95. The molecule has 0 saturated heterocycles. The maximum Gasteiger partial charge on any atom is 0.280 e. The lowest BCUT2D eigenvalue weighted by atomic mass is 10.3. The van der Waals surface area contributed by atoms with E-state index in [2.05, 4.69) is 10.3 Å². The molecule has 1 fully saturated rings. The normalized spacial score (nSPS) is 15.5. The summed E-state index contributed by atoms with van der Waals surface area (Å²) in [5.41, 5.74) is 0.906. The number of carbonyl (C=O) groups is 1. The summed E-state index contributed by atoms with van der Waals surface area (Å²) < 4.78 is 1.07. The van der Waals surface area contributed by atoms with Crippen molar-refractivity contribution in [3.8, 4) is 0 Å². The number of hydrogen-bond acceptors (Lipinski definition) is 3. The molecule has 3 nitrogen and oxygen atoms in total. The van der Waals surface area contributed by atoms with Gasteiger partial charge in [0.15, 0.2) is 5.01 Å². The van der Waals surface area contributed by atoms with E-state index in [9.17, 15) is 4.79 Å². The minimum absolute atomic E-state index is 0.0290. The van der Waals surface area contributed by atoms with Crippen LogP contribution in [0.4, 0.5) is 0 Å². The van der Waals surface area contributed by atoms with Crippen LogP contribution in [0.2, 0.25) is 0 Å². The molecule has 1 aromatic heterocycles. The van der Waals surface area contributed by atoms with E-state index in [1.165, 1.54) is 11.3 Å². The van der Waals surface area contributed by atoms with Gasteiger partial charge in [-0.25, -0.2) is 4.98 Å². The monoisotopic (exact) mass is 218 g/mol. The number of amides is 1. The van der Waals surface area contributed by atoms with Crippen molar-refractivity contribution in [1.29, 1.82) is 0 Å². The van der Waals surface area contributed by atoms with Crippen molar-refractivity contribution in [1.82, 2.24) is 10.3 Å². The zero-order valence-corrected chi connectivity index (χ0v) is 8.88. The van der Waals surface area contributed by atoms with Crippen molar-refractivity contribution in [2.24, 2.45) is 0 Å². The second-order valence-corrected chi connectivity index (χ2v) is 4.77. The summed E-state index contributed by atoms with van der Waals surface area (Å²) in [5, 5.41) is 3.51. The lowest BCUT2D eigenvalue weighted by Crippen LogP contribution is -2.25. The van der Waals surface area contributed by atoms with Gasteiger partial charge in [0.2, 0.25) is 0 Å². The van der Waals surface area contributed by atoms with Crippen LogP contribution in [-0.4, -0.2) is 16.9 Å². The van der Waals surface area contributed by atoms with Crippen LogP contribution in [0.25, 0.3) is 10.2 Å². The Morgan fingerprint density at radius 1 is 1.40 bits per heavy atom. The van der Waals surface area contributed by atoms with E-state index in [1.807, 2.05) is 24.3 Å². The maximum absolute atomic E-state index is 11.7. The van der Waals surface area contributed by atoms with Crippen LogP contribution in [0.1, 0.15) is 22.6 Å². The van der Waals surface area contributed by atoms with Crippen LogP contribution in [-0.2, 0) is 0 Å². The molecule has 1 aromatic carbocycles. The van der Waals surface area contributed by atoms with E-state index >= 15 is 0 Å². The third-order valence-electron chi connectivity index (χ3n) is 2.40. The number of carbonyl (C=O) groups excluding carboxylic acids is 1. The molecule has 0 bridgehead atoms. The summed E-state index contributed by atoms with van der Waals surface area (Å²) in [4.78, 5) is 16.0. The first-order chi connectivity index (χ1) is 7.33. The zero-order chi connectivity index (χ0) is 10.3. The first kappa shape index (κ1) is 8.85. The molecule has 1 amide bonds. The average Bonchev–Trinajstić information content (AvgIpc) is 2.95. The predicted octanol–water partition coefficient (Wildman–Crippen LogP) is 2.19. The van der Waals surface area contributed by atoms with Crippen molar-refractivity contribution in [3.63, 3.8) is 0 Å². The molecule has 1 aliphatic rings. The summed E-state index contributed by atoms with van der Waals surface area (Å²) >= 11 is 1.45. The lowest BCUT2D eigenvalue weighted by molar-refractivity contribution is 0.0951. The standard InChI is InChI=1S/C11H10N2OS/c14-10(12-7-5-6-7)11-13-8-3-1-2-4-9(8)15-11/h1-4,7H,5-6H2,(H,12,14). The molecule has 0 unspecified atom stereocenters. The molecule has 0 atom stereocenters. The molecular formula is C11H10N2OS. The topological polar surface area (TPSA) is 42.0 Å². The number of hydrogen-bond donors (Lipinski definition) is 1. The van der Waals surface area contributed by atoms with Gasteiger partial charge in [0.1, 0.15) is 0 Å². The molecular weight excluding hydrogens is 208 g/mol. The van der Waals surface area contributed by atoms with E-state index in [1.54, 1.807) is 0 Å². The van der Waals surface area contributed by atoms with Gasteiger partial charge >= 0.3 is 0 Å². The van der Waals surface area contributed by atoms with E-state index in [-0.39, 0.29) is 5.91 Å². The largest absolute Gasteiger partial charge is 0.347 e. The van der Waals surface area contributed by atoms with Crippen molar-refractivity contribution in [2.75, 3.05) is 0 Å². The third-order valence-corrected chi connectivity index (χ3v) is 3.44. The van der Waals surface area contributed by atoms with Crippen molar-refractivity contribution in [3.05, 3.63) is 29.3 Å². The fourth-order valence-corrected chi connectivity index (χ4v) is 2.31. The molecule has 3 rings (SSSR count). The van der Waals surface area contributed by atoms with Gasteiger partial charge in [-0.1, -0.05) is 12.1 Å². The van der Waals surface area contributed by atoms with E-state index in [4.69, 9.17) is 0 Å². The van der Waals surface area contributed by atoms with Crippen LogP contribution in [0, 0.1) is 0 Å². The number of nitrogens with one attached hydrogen (secondary N) is 1. The molecule has 1 saturated carbocycles. The molecule has 4 heteroatoms. The SMILES string of the molecule is O=C(NC1CC1)c1nc2ccccc2s1. The second-order valence-electron chi connectivity index (χ2n) is 3.73. The number of rotatable bonds is 2. The molecule has 0 spiro atoms. The fraction of sp³-hybridized carbons (Fsp3) is 0.273. The van der Waals surface area contributed by atoms with Crippen LogP contribution in [0.5, 0.6) is 0 Å². The summed E-state index contributed by atoms with van der Waals surface area (Å²) in [6.45, 7) is 0. The summed E-state index contributed by atoms with van der Waals surface area (Å²) in [6, 6.07) is 8.21. The number of fused-ring (bicyclic) bond motifs is 1. The molecule has 1 N–H and O–H groups in total. The maximum atomic E-state index is 11.7. The van der Waals surface area contributed by atoms with Gasteiger partial charge in [0.25, 0.3) is 5.91 Å². The summed E-state index contributed by atoms with van der Waals surface area (Å²) in [5.74, 6) is -0.0290. The highest BCUT2D eigenvalue weighted by atomic mass is 32.1. The average molecular weight is 218 g/mol. The Hall–Kier alpha value is -1.42. The van der Waals surface area contributed by atoms with Crippen LogP contribution >= 0.6 is 11.3 Å². The molecule has 1 aliphatic carbocycles. The minimum atomic E-state index is -0.0290. The number of aromatic nitrogens is 1. The van der Waals surface area contributed by atoms with Crippen LogP contribution in [0.15, 0.2) is 24.3 Å². The van der Waals surface area contributed by atoms with E-state index in [0.29, 0.717) is 11.0 Å². The second kappa shape index (κ2) is 3.31. The van der Waals surface area contributed by atoms with Crippen molar-refractivity contribution >= 4 is 27.5 Å². The fourth-order valence-electron chi connectivity index (χ4n) is 1.44. The molecule has 1 heterocycles. The van der Waals surface area contributed by atoms with E-state index < -0.39 is 0 Å². The van der Waals surface area contributed by atoms with Gasteiger partial charge in [-0.3, -0.25) is 4.79 Å². The van der Waals surface area contributed by atoms with E-state index in [0.717, 1.165) is 23.1 Å². The van der Waals surface area contributed by atoms with Gasteiger partial charge in [-0.15, -0.1) is 11.3 Å². The van der Waals surface area contributed by atoms with Gasteiger partial charge in [-0.2, -0.15) is 0 Å². The number of thiazole rings is 1. The van der Waals surface area contributed by atoms with Gasteiger partial charge < -0.3 is 5.32 Å². The molecule has 0 radical (unpaired) electrons. The Morgan fingerprint density at radius 2 is 2.20 bits per heavy atom. The Bertz CT molecular complexity index is 483. The summed E-state index contributed by atoms with van der Waals surface area (Å²) in [7, 11) is 0. The molecule has 0 aliphatic heterocycles. The Balaban J connectivity index is 1.92. The van der Waals surface area contributed by atoms with Crippen molar-refractivity contribution in [2.45, 2.75) is 18.9 Å². The number of para-hydroxylation sites is 1. The number of benzene rings is 1. The smallest absolute Gasteiger partial charge is 0.280 e. The molecule has 2 aromatic rings. The predicted molar refractivity (Wildman–Crippen MR) is 60.1 cm³/mol. The number of nitrogens with zero attached hydrogens (tertiary/aromatic N) is 1. The van der Waals surface area contributed by atoms with Crippen LogP contribution in [0.3, 0.4) is 0 Å². The highest BCUT2D eigenvalue weighted by Crippen LogP contribution is 2.23. The van der Waals surface area contributed by atoms with Gasteiger partial charge in [-0.05, 0) is 25.0 Å². The highest BCUT2D eigenvalue weighted by Gasteiger charge is 2.25. The molecule has 15 heavy (non-hydrogen) atoms. The zero-order valence-electron chi connectivity index (χ0n) is 8.06. The Labute approximate surface area is 91.1 Å². The summed E-state index contributed by atoms with van der Waals surface area (Å²) in [6.07, 6.45) is 2.22. The first-order valence-corrected chi connectivity index (χ1v) is 5.81. The Morgan fingerprint density at radius 3 is 2.93 bits per heavy atom. The van der Waals surface area contributed by atoms with Gasteiger partial charge in [0.05, 0.1) is 10.2 Å². The van der Waals surface area contributed by atoms with Crippen molar-refractivity contribution < 1.29 is 4.79 Å². The first-order valence-electron chi connectivity index (χ1n) is 4.99. The quantitative estimate of drug-likeness (QED) is 0.839. The minimum Gasteiger partial charge on any atom is -0.347 e. The van der Waals surface area contributed by atoms with Crippen LogP contribution < -0.4 is 5.32 Å². The van der Waals surface area contributed by atoms with Gasteiger partial charge in [0, 0.05) is 6.04 Å². The molecule has 76 valence electrons.